The Morgan fingerprint density at radius 3 is 2.55 bits per heavy atom. The Bertz CT molecular complexity index is 1020. The van der Waals surface area contributed by atoms with Gasteiger partial charge in [0.1, 0.15) is 0 Å². The molecule has 0 radical (unpaired) electrons. The topological polar surface area (TPSA) is 73.4 Å². The van der Waals surface area contributed by atoms with Crippen LogP contribution in [-0.4, -0.2) is 36.7 Å². The normalized spacial score (nSPS) is 23.5. The number of carbonyl (C=O) groups is 1. The number of carbonyl (C=O) groups excluding carboxylic acids is 1. The summed E-state index contributed by atoms with van der Waals surface area (Å²) in [7, 11) is -1.76. The lowest BCUT2D eigenvalue weighted by atomic mass is 9.80. The highest BCUT2D eigenvalue weighted by Gasteiger charge is 2.46. The van der Waals surface area contributed by atoms with Gasteiger partial charge in [0, 0.05) is 36.5 Å². The summed E-state index contributed by atoms with van der Waals surface area (Å²) in [6.07, 6.45) is 6.36. The van der Waals surface area contributed by atoms with E-state index in [1.54, 1.807) is 6.92 Å². The molecule has 33 heavy (non-hydrogen) atoms. The van der Waals surface area contributed by atoms with Gasteiger partial charge >= 0.3 is 0 Å². The Hall–Kier alpha value is -1.96. The number of amides is 1. The van der Waals surface area contributed by atoms with Crippen molar-refractivity contribution >= 4 is 19.9 Å². The van der Waals surface area contributed by atoms with E-state index >= 15 is 0 Å². The monoisotopic (exact) mass is 468 g/mol. The third-order valence-electron chi connectivity index (χ3n) is 8.05. The van der Waals surface area contributed by atoms with Crippen molar-refractivity contribution in [3.63, 3.8) is 0 Å². The van der Waals surface area contributed by atoms with Crippen LogP contribution in [0.25, 0.3) is 11.1 Å². The molecule has 1 amide bonds. The number of anilines is 1. The second kappa shape index (κ2) is 8.67. The average Bonchev–Trinajstić information content (AvgIpc) is 3.46. The fourth-order valence-electron chi connectivity index (χ4n) is 4.82. The van der Waals surface area contributed by atoms with E-state index in [9.17, 15) is 4.79 Å². The predicted octanol–water partition coefficient (Wildman–Crippen LogP) is 5.35. The van der Waals surface area contributed by atoms with Gasteiger partial charge in [0.05, 0.1) is 19.3 Å². The van der Waals surface area contributed by atoms with Crippen molar-refractivity contribution in [2.45, 2.75) is 84.2 Å². The molecule has 0 spiro atoms. The summed E-state index contributed by atoms with van der Waals surface area (Å²) in [6, 6.07) is 6.46. The minimum absolute atomic E-state index is 0.0748. The number of nitrogens with two attached hydrogens (primary N) is 1. The zero-order chi connectivity index (χ0) is 24.1. The Balaban J connectivity index is 1.53. The summed E-state index contributed by atoms with van der Waals surface area (Å²) in [6.45, 7) is 16.6. The summed E-state index contributed by atoms with van der Waals surface area (Å²) in [5.41, 5.74) is 10.9. The molecule has 6 nitrogen and oxygen atoms in total. The van der Waals surface area contributed by atoms with Crippen molar-refractivity contribution < 1.29 is 9.22 Å². The van der Waals surface area contributed by atoms with Crippen molar-refractivity contribution in [2.24, 2.45) is 17.6 Å². The summed E-state index contributed by atoms with van der Waals surface area (Å²) < 4.78 is 8.26. The van der Waals surface area contributed by atoms with Crippen LogP contribution in [0.15, 0.2) is 30.6 Å². The molecular weight excluding hydrogens is 428 g/mol. The SMILES string of the molecule is CC(=O)N1c2ccc(-c3cnn(CCO[Si](C)(C)C(C)(C)C)c3)cc2[C@H](N)[C@@H](C)[C@@H]1C1CC1. The van der Waals surface area contributed by atoms with Crippen molar-refractivity contribution in [3.05, 3.63) is 36.2 Å². The molecule has 4 rings (SSSR count). The largest absolute Gasteiger partial charge is 0.415 e. The van der Waals surface area contributed by atoms with E-state index in [1.807, 2.05) is 15.8 Å². The van der Waals surface area contributed by atoms with Crippen molar-refractivity contribution in [1.82, 2.24) is 9.78 Å². The van der Waals surface area contributed by atoms with Crippen LogP contribution in [0.5, 0.6) is 0 Å². The van der Waals surface area contributed by atoms with Gasteiger partial charge in [-0.25, -0.2) is 0 Å². The lowest BCUT2D eigenvalue weighted by molar-refractivity contribution is -0.117. The van der Waals surface area contributed by atoms with Gasteiger partial charge in [0.2, 0.25) is 5.91 Å². The van der Waals surface area contributed by atoms with Crippen LogP contribution in [0.2, 0.25) is 18.1 Å². The van der Waals surface area contributed by atoms with E-state index in [1.165, 1.54) is 12.8 Å². The molecule has 2 aromatic rings. The molecule has 3 atom stereocenters. The molecule has 180 valence electrons. The molecule has 1 aliphatic heterocycles. The Labute approximate surface area is 199 Å². The second-order valence-corrected chi connectivity index (χ2v) is 16.3. The van der Waals surface area contributed by atoms with Crippen LogP contribution in [-0.2, 0) is 15.8 Å². The summed E-state index contributed by atoms with van der Waals surface area (Å²) >= 11 is 0. The molecule has 7 heteroatoms. The third kappa shape index (κ3) is 4.68. The Morgan fingerprint density at radius 1 is 1.24 bits per heavy atom. The van der Waals surface area contributed by atoms with E-state index in [2.05, 4.69) is 70.3 Å². The van der Waals surface area contributed by atoms with Gasteiger partial charge in [0.25, 0.3) is 0 Å². The third-order valence-corrected chi connectivity index (χ3v) is 12.6. The summed E-state index contributed by atoms with van der Waals surface area (Å²) in [4.78, 5) is 14.6. The molecule has 0 unspecified atom stereocenters. The van der Waals surface area contributed by atoms with Crippen LogP contribution in [0.3, 0.4) is 0 Å². The first kappa shape index (κ1) is 24.2. The zero-order valence-corrected chi connectivity index (χ0v) is 22.3. The fourth-order valence-corrected chi connectivity index (χ4v) is 5.85. The predicted molar refractivity (Wildman–Crippen MR) is 137 cm³/mol. The van der Waals surface area contributed by atoms with Crippen molar-refractivity contribution in [2.75, 3.05) is 11.5 Å². The Morgan fingerprint density at radius 2 is 1.94 bits per heavy atom. The number of aromatic nitrogens is 2. The molecule has 1 aliphatic carbocycles. The first-order valence-electron chi connectivity index (χ1n) is 12.3. The maximum Gasteiger partial charge on any atom is 0.224 e. The minimum Gasteiger partial charge on any atom is -0.415 e. The molecule has 2 aliphatic rings. The average molecular weight is 469 g/mol. The lowest BCUT2D eigenvalue weighted by Gasteiger charge is -2.44. The highest BCUT2D eigenvalue weighted by Crippen LogP contribution is 2.49. The molecule has 0 saturated heterocycles. The molecule has 1 aromatic carbocycles. The fraction of sp³-hybridized carbons (Fsp3) is 0.615. The number of nitrogens with zero attached hydrogens (tertiary/aromatic N) is 3. The van der Waals surface area contributed by atoms with Crippen LogP contribution in [0.4, 0.5) is 5.69 Å². The summed E-state index contributed by atoms with van der Waals surface area (Å²) in [5.74, 6) is 0.920. The van der Waals surface area contributed by atoms with Crippen LogP contribution in [0, 0.1) is 11.8 Å². The minimum atomic E-state index is -1.76. The maximum absolute atomic E-state index is 12.6. The van der Waals surface area contributed by atoms with Gasteiger partial charge in [-0.1, -0.05) is 33.8 Å². The van der Waals surface area contributed by atoms with Crippen LogP contribution < -0.4 is 10.6 Å². The first-order valence-corrected chi connectivity index (χ1v) is 15.2. The standard InChI is InChI=1S/C26H40N4O2Si/c1-17-24(27)22-14-20(10-11-23(22)30(18(2)31)25(17)19-8-9-19)21-15-28-29(16-21)12-13-32-33(6,7)26(3,4)5/h10-11,14-17,19,24-25H,8-9,12-13,27H2,1-7H3/t17-,24-,25-/m1/s1. The van der Waals surface area contributed by atoms with Crippen molar-refractivity contribution in [3.8, 4) is 11.1 Å². The number of hydrogen-bond donors (Lipinski definition) is 1. The zero-order valence-electron chi connectivity index (χ0n) is 21.3. The molecule has 2 N–H and O–H groups in total. The number of fused-ring (bicyclic) bond motifs is 1. The molecule has 1 saturated carbocycles. The number of hydrogen-bond acceptors (Lipinski definition) is 4. The smallest absolute Gasteiger partial charge is 0.224 e. The maximum atomic E-state index is 12.6. The molecule has 1 aromatic heterocycles. The number of rotatable bonds is 6. The van der Waals surface area contributed by atoms with E-state index < -0.39 is 8.32 Å². The van der Waals surface area contributed by atoms with Gasteiger partial charge in [-0.2, -0.15) is 5.10 Å². The first-order chi connectivity index (χ1) is 15.4. The molecule has 1 fully saturated rings. The van der Waals surface area contributed by atoms with Crippen LogP contribution in [0.1, 0.15) is 59.1 Å². The van der Waals surface area contributed by atoms with E-state index in [0.717, 1.165) is 28.9 Å². The summed E-state index contributed by atoms with van der Waals surface area (Å²) in [5, 5.41) is 4.77. The van der Waals surface area contributed by atoms with E-state index in [-0.39, 0.29) is 28.9 Å². The van der Waals surface area contributed by atoms with E-state index in [4.69, 9.17) is 10.2 Å². The molecular formula is C26H40N4O2Si. The van der Waals surface area contributed by atoms with Crippen LogP contribution >= 0.6 is 0 Å². The highest BCUT2D eigenvalue weighted by atomic mass is 28.4. The van der Waals surface area contributed by atoms with Gasteiger partial charge in [0.15, 0.2) is 8.32 Å². The molecule has 0 bridgehead atoms. The van der Waals surface area contributed by atoms with Gasteiger partial charge in [-0.3, -0.25) is 9.48 Å². The highest BCUT2D eigenvalue weighted by molar-refractivity contribution is 6.74. The van der Waals surface area contributed by atoms with Gasteiger partial charge in [-0.15, -0.1) is 0 Å². The Kier molecular flexibility index (Phi) is 6.35. The lowest BCUT2D eigenvalue weighted by Crippen LogP contribution is -2.51. The van der Waals surface area contributed by atoms with E-state index in [0.29, 0.717) is 12.5 Å². The van der Waals surface area contributed by atoms with Gasteiger partial charge < -0.3 is 15.1 Å². The quantitative estimate of drug-likeness (QED) is 0.580. The molecule has 2 heterocycles. The van der Waals surface area contributed by atoms with Crippen molar-refractivity contribution in [1.29, 1.82) is 0 Å². The van der Waals surface area contributed by atoms with Gasteiger partial charge in [-0.05, 0) is 66.1 Å². The second-order valence-electron chi connectivity index (χ2n) is 11.5. The number of benzene rings is 1.